The van der Waals surface area contributed by atoms with E-state index in [4.69, 9.17) is 11.6 Å². The van der Waals surface area contributed by atoms with Gasteiger partial charge in [0.05, 0.1) is 0 Å². The van der Waals surface area contributed by atoms with Crippen molar-refractivity contribution in [2.24, 2.45) is 5.92 Å². The number of hydrogen-bond acceptors (Lipinski definition) is 2. The second-order valence-corrected chi connectivity index (χ2v) is 6.55. The molecule has 0 bridgehead atoms. The number of halogens is 2. The molecule has 0 aliphatic heterocycles. The van der Waals surface area contributed by atoms with Gasteiger partial charge in [-0.2, -0.15) is 0 Å². The lowest BCUT2D eigenvalue weighted by Gasteiger charge is -2.18. The Bertz CT molecular complexity index is 292. The van der Waals surface area contributed by atoms with E-state index in [-0.39, 0.29) is 0 Å². The summed E-state index contributed by atoms with van der Waals surface area (Å²) < 4.78 is 1.85. The van der Waals surface area contributed by atoms with E-state index in [1.165, 1.54) is 4.88 Å². The van der Waals surface area contributed by atoms with Gasteiger partial charge >= 0.3 is 0 Å². The molecule has 1 nitrogen and oxygen atoms in total. The lowest BCUT2D eigenvalue weighted by molar-refractivity contribution is 0.443. The quantitative estimate of drug-likeness (QED) is 0.819. The van der Waals surface area contributed by atoms with Gasteiger partial charge in [-0.3, -0.25) is 0 Å². The molecule has 0 aliphatic rings. The third kappa shape index (κ3) is 4.06. The number of thiophene rings is 1. The second-order valence-electron chi connectivity index (χ2n) is 4.01. The van der Waals surface area contributed by atoms with Crippen LogP contribution < -0.4 is 5.32 Å². The summed E-state index contributed by atoms with van der Waals surface area (Å²) >= 11 is 11.2. The molecule has 0 aromatic carbocycles. The first-order valence-electron chi connectivity index (χ1n) is 5.22. The van der Waals surface area contributed by atoms with Gasteiger partial charge in [0, 0.05) is 15.4 Å². The lowest BCUT2D eigenvalue weighted by atomic mass is 10.0. The first-order valence-corrected chi connectivity index (χ1v) is 7.21. The van der Waals surface area contributed by atoms with Gasteiger partial charge in [0.1, 0.15) is 4.34 Å². The van der Waals surface area contributed by atoms with Crippen LogP contribution in [0.25, 0.3) is 0 Å². The molecule has 1 unspecified atom stereocenters. The summed E-state index contributed by atoms with van der Waals surface area (Å²) in [5.41, 5.74) is 0. The van der Waals surface area contributed by atoms with Gasteiger partial charge in [-0.15, -0.1) is 11.3 Å². The number of hydrogen-bond donors (Lipinski definition) is 1. The van der Waals surface area contributed by atoms with Gasteiger partial charge in [-0.05, 0) is 40.9 Å². The van der Waals surface area contributed by atoms with E-state index in [1.807, 2.05) is 0 Å². The predicted molar refractivity (Wildman–Crippen MR) is 72.9 cm³/mol. The summed E-state index contributed by atoms with van der Waals surface area (Å²) in [6, 6.07) is 2.56. The van der Waals surface area contributed by atoms with E-state index in [1.54, 1.807) is 11.3 Å². The van der Waals surface area contributed by atoms with Gasteiger partial charge in [-0.1, -0.05) is 32.4 Å². The van der Waals surface area contributed by atoms with Crippen LogP contribution in [0.5, 0.6) is 0 Å². The molecular formula is C11H17BrClNS. The van der Waals surface area contributed by atoms with Crippen LogP contribution in [0.2, 0.25) is 4.34 Å². The molecule has 0 spiro atoms. The molecule has 4 heteroatoms. The van der Waals surface area contributed by atoms with Gasteiger partial charge in [0.25, 0.3) is 0 Å². The zero-order valence-corrected chi connectivity index (χ0v) is 12.5. The van der Waals surface area contributed by atoms with Crippen molar-refractivity contribution in [3.05, 3.63) is 19.8 Å². The van der Waals surface area contributed by atoms with E-state index in [0.29, 0.717) is 12.0 Å². The highest BCUT2D eigenvalue weighted by molar-refractivity contribution is 9.10. The van der Waals surface area contributed by atoms with Crippen LogP contribution in [0.1, 0.15) is 38.1 Å². The summed E-state index contributed by atoms with van der Waals surface area (Å²) in [7, 11) is 0. The third-order valence-corrected chi connectivity index (χ3v) is 4.75. The molecule has 1 heterocycles. The number of nitrogens with one attached hydrogen (secondary N) is 1. The Hall–Kier alpha value is 0.430. The lowest BCUT2D eigenvalue weighted by Crippen LogP contribution is -2.21. The van der Waals surface area contributed by atoms with Crippen LogP contribution in [0, 0.1) is 5.92 Å². The summed E-state index contributed by atoms with van der Waals surface area (Å²) in [5, 5.41) is 3.50. The van der Waals surface area contributed by atoms with Crippen LogP contribution in [-0.2, 0) is 0 Å². The fourth-order valence-corrected chi connectivity index (χ4v) is 3.38. The molecule has 1 aromatic heterocycles. The van der Waals surface area contributed by atoms with Crippen molar-refractivity contribution in [2.45, 2.75) is 33.2 Å². The molecule has 0 fully saturated rings. The SMILES string of the molecule is CCNC(CC(C)C)c1cc(Br)c(Cl)s1. The van der Waals surface area contributed by atoms with Crippen molar-refractivity contribution in [2.75, 3.05) is 6.54 Å². The Labute approximate surface area is 109 Å². The van der Waals surface area contributed by atoms with Crippen LogP contribution in [-0.4, -0.2) is 6.54 Å². The summed E-state index contributed by atoms with van der Waals surface area (Å²) in [6.45, 7) is 7.62. The maximum absolute atomic E-state index is 6.05. The van der Waals surface area contributed by atoms with Gasteiger partial charge in [0.2, 0.25) is 0 Å². The molecule has 86 valence electrons. The third-order valence-electron chi connectivity index (χ3n) is 2.17. The minimum atomic E-state index is 0.434. The maximum atomic E-state index is 6.05. The van der Waals surface area contributed by atoms with Crippen molar-refractivity contribution in [1.82, 2.24) is 5.32 Å². The Kier molecular flexibility index (Phi) is 5.61. The molecule has 0 radical (unpaired) electrons. The second kappa shape index (κ2) is 6.24. The molecular weight excluding hydrogens is 294 g/mol. The number of rotatable bonds is 5. The minimum Gasteiger partial charge on any atom is -0.310 e. The molecule has 0 aliphatic carbocycles. The van der Waals surface area contributed by atoms with Crippen LogP contribution in [0.4, 0.5) is 0 Å². The minimum absolute atomic E-state index is 0.434. The van der Waals surface area contributed by atoms with E-state index in [2.05, 4.69) is 48.1 Å². The Morgan fingerprint density at radius 3 is 2.60 bits per heavy atom. The zero-order chi connectivity index (χ0) is 11.4. The topological polar surface area (TPSA) is 12.0 Å². The van der Waals surface area contributed by atoms with Crippen molar-refractivity contribution in [1.29, 1.82) is 0 Å². The Morgan fingerprint density at radius 2 is 2.20 bits per heavy atom. The van der Waals surface area contributed by atoms with E-state index in [9.17, 15) is 0 Å². The van der Waals surface area contributed by atoms with Gasteiger partial charge in [-0.25, -0.2) is 0 Å². The Balaban J connectivity index is 2.78. The highest BCUT2D eigenvalue weighted by Crippen LogP contribution is 2.36. The van der Waals surface area contributed by atoms with Crippen molar-refractivity contribution < 1.29 is 0 Å². The molecule has 1 N–H and O–H groups in total. The van der Waals surface area contributed by atoms with Crippen molar-refractivity contribution in [3.63, 3.8) is 0 Å². The zero-order valence-electron chi connectivity index (χ0n) is 9.31. The first kappa shape index (κ1) is 13.5. The molecule has 1 atom stereocenters. The van der Waals surface area contributed by atoms with Crippen molar-refractivity contribution >= 4 is 38.9 Å². The molecule has 1 aromatic rings. The highest BCUT2D eigenvalue weighted by atomic mass is 79.9. The normalized spacial score (nSPS) is 13.5. The summed E-state index contributed by atoms with van der Waals surface area (Å²) in [5.74, 6) is 0.689. The predicted octanol–water partition coefficient (Wildman–Crippen LogP) is 4.86. The first-order chi connectivity index (χ1) is 7.04. The molecule has 1 rings (SSSR count). The van der Waals surface area contributed by atoms with Crippen LogP contribution >= 0.6 is 38.9 Å². The summed E-state index contributed by atoms with van der Waals surface area (Å²) in [6.07, 6.45) is 1.15. The van der Waals surface area contributed by atoms with Gasteiger partial charge in [0.15, 0.2) is 0 Å². The largest absolute Gasteiger partial charge is 0.310 e. The monoisotopic (exact) mass is 309 g/mol. The Morgan fingerprint density at radius 1 is 1.53 bits per heavy atom. The summed E-state index contributed by atoms with van der Waals surface area (Å²) in [4.78, 5) is 1.32. The molecule has 0 saturated carbocycles. The van der Waals surface area contributed by atoms with E-state index < -0.39 is 0 Å². The van der Waals surface area contributed by atoms with E-state index >= 15 is 0 Å². The van der Waals surface area contributed by atoms with Crippen LogP contribution in [0.15, 0.2) is 10.5 Å². The molecule has 15 heavy (non-hydrogen) atoms. The van der Waals surface area contributed by atoms with E-state index in [0.717, 1.165) is 21.8 Å². The van der Waals surface area contributed by atoms with Crippen molar-refractivity contribution in [3.8, 4) is 0 Å². The fourth-order valence-electron chi connectivity index (χ4n) is 1.55. The smallest absolute Gasteiger partial charge is 0.107 e. The average molecular weight is 311 g/mol. The maximum Gasteiger partial charge on any atom is 0.107 e. The standard InChI is InChI=1S/C11H17BrClNS/c1-4-14-9(5-7(2)3)10-6-8(12)11(13)15-10/h6-7,9,14H,4-5H2,1-3H3. The van der Waals surface area contributed by atoms with Gasteiger partial charge < -0.3 is 5.32 Å². The highest BCUT2D eigenvalue weighted by Gasteiger charge is 2.16. The van der Waals surface area contributed by atoms with Crippen LogP contribution in [0.3, 0.4) is 0 Å². The molecule has 0 amide bonds. The fraction of sp³-hybridized carbons (Fsp3) is 0.636. The average Bonchev–Trinajstić information content (AvgIpc) is 2.46. The molecule has 0 saturated heterocycles.